The fourth-order valence-corrected chi connectivity index (χ4v) is 3.67. The van der Waals surface area contributed by atoms with Gasteiger partial charge in [0.05, 0.1) is 17.4 Å². The van der Waals surface area contributed by atoms with Gasteiger partial charge >= 0.3 is 12.0 Å². The molecule has 2 aliphatic rings. The second-order valence-corrected chi connectivity index (χ2v) is 6.89. The van der Waals surface area contributed by atoms with Crippen LogP contribution in [0.2, 0.25) is 0 Å². The lowest BCUT2D eigenvalue weighted by molar-refractivity contribution is -0.157. The molecule has 0 radical (unpaired) electrons. The van der Waals surface area contributed by atoms with Crippen LogP contribution in [0.25, 0.3) is 0 Å². The van der Waals surface area contributed by atoms with Crippen LogP contribution in [-0.2, 0) is 19.1 Å². The Morgan fingerprint density at radius 2 is 2.12 bits per heavy atom. The van der Waals surface area contributed by atoms with Gasteiger partial charge < -0.3 is 15.4 Å². The van der Waals surface area contributed by atoms with E-state index in [4.69, 9.17) is 4.74 Å². The number of ether oxygens (including phenoxy) is 1. The SMILES string of the molecule is C[C@@H](OC(=O)C[C@@H]1Sc2ccccc2NC1=O)C(=O)N1CCNC1=O. The van der Waals surface area contributed by atoms with E-state index < -0.39 is 29.3 Å². The van der Waals surface area contributed by atoms with E-state index in [1.807, 2.05) is 18.2 Å². The summed E-state index contributed by atoms with van der Waals surface area (Å²) in [5, 5.41) is 4.63. The van der Waals surface area contributed by atoms with Crippen molar-refractivity contribution in [1.29, 1.82) is 0 Å². The van der Waals surface area contributed by atoms with Gasteiger partial charge in [0.15, 0.2) is 6.10 Å². The van der Waals surface area contributed by atoms with Crippen LogP contribution in [0.4, 0.5) is 10.5 Å². The molecule has 1 aromatic carbocycles. The Bertz CT molecular complexity index is 738. The average Bonchev–Trinajstić information content (AvgIpc) is 3.00. The lowest BCUT2D eigenvalue weighted by Crippen LogP contribution is -2.42. The normalized spacial score (nSPS) is 20.4. The van der Waals surface area contributed by atoms with E-state index in [1.54, 1.807) is 6.07 Å². The Hall–Kier alpha value is -2.55. The number of nitrogens with one attached hydrogen (secondary N) is 2. The lowest BCUT2D eigenvalue weighted by Gasteiger charge is -2.24. The summed E-state index contributed by atoms with van der Waals surface area (Å²) in [6.45, 7) is 2.04. The minimum absolute atomic E-state index is 0.158. The molecular formula is C16H17N3O5S. The Labute approximate surface area is 148 Å². The van der Waals surface area contributed by atoms with E-state index in [2.05, 4.69) is 10.6 Å². The van der Waals surface area contributed by atoms with Crippen molar-refractivity contribution in [2.45, 2.75) is 29.6 Å². The van der Waals surface area contributed by atoms with Crippen LogP contribution in [0.15, 0.2) is 29.2 Å². The number of fused-ring (bicyclic) bond motifs is 1. The van der Waals surface area contributed by atoms with Gasteiger partial charge in [0.2, 0.25) is 5.91 Å². The molecule has 0 saturated carbocycles. The van der Waals surface area contributed by atoms with Gasteiger partial charge in [0.1, 0.15) is 0 Å². The Morgan fingerprint density at radius 1 is 1.36 bits per heavy atom. The third kappa shape index (κ3) is 3.76. The highest BCUT2D eigenvalue weighted by Crippen LogP contribution is 2.36. The van der Waals surface area contributed by atoms with Crippen LogP contribution in [0.5, 0.6) is 0 Å². The number of thioether (sulfide) groups is 1. The summed E-state index contributed by atoms with van der Waals surface area (Å²) >= 11 is 1.28. The molecule has 2 N–H and O–H groups in total. The topological polar surface area (TPSA) is 105 Å². The molecule has 0 unspecified atom stereocenters. The molecule has 1 fully saturated rings. The monoisotopic (exact) mass is 363 g/mol. The molecule has 1 aromatic rings. The highest BCUT2D eigenvalue weighted by atomic mass is 32.2. The lowest BCUT2D eigenvalue weighted by atomic mass is 10.2. The van der Waals surface area contributed by atoms with Crippen LogP contribution < -0.4 is 10.6 Å². The van der Waals surface area contributed by atoms with Crippen LogP contribution in [0.1, 0.15) is 13.3 Å². The molecule has 2 aliphatic heterocycles. The molecular weight excluding hydrogens is 346 g/mol. The number of hydrogen-bond donors (Lipinski definition) is 2. The predicted molar refractivity (Wildman–Crippen MR) is 90.0 cm³/mol. The second-order valence-electron chi connectivity index (χ2n) is 5.65. The highest BCUT2D eigenvalue weighted by Gasteiger charge is 2.34. The Kier molecular flexibility index (Phi) is 4.93. The average molecular weight is 363 g/mol. The van der Waals surface area contributed by atoms with Gasteiger partial charge in [-0.2, -0.15) is 0 Å². The van der Waals surface area contributed by atoms with Gasteiger partial charge in [-0.3, -0.25) is 19.3 Å². The Balaban J connectivity index is 1.56. The molecule has 132 valence electrons. The molecule has 3 rings (SSSR count). The van der Waals surface area contributed by atoms with E-state index in [9.17, 15) is 19.2 Å². The van der Waals surface area contributed by atoms with Crippen molar-refractivity contribution in [2.24, 2.45) is 0 Å². The maximum Gasteiger partial charge on any atom is 0.324 e. The van der Waals surface area contributed by atoms with E-state index in [0.29, 0.717) is 12.2 Å². The van der Waals surface area contributed by atoms with Gasteiger partial charge in [-0.25, -0.2) is 4.79 Å². The van der Waals surface area contributed by atoms with Crippen LogP contribution in [0, 0.1) is 0 Å². The van der Waals surface area contributed by atoms with E-state index in [-0.39, 0.29) is 18.9 Å². The number of hydrogen-bond acceptors (Lipinski definition) is 6. The van der Waals surface area contributed by atoms with Gasteiger partial charge in [0, 0.05) is 18.0 Å². The van der Waals surface area contributed by atoms with Crippen LogP contribution in [-0.4, -0.2) is 53.2 Å². The zero-order valence-electron chi connectivity index (χ0n) is 13.5. The molecule has 0 aliphatic carbocycles. The van der Waals surface area contributed by atoms with Crippen molar-refractivity contribution in [2.75, 3.05) is 18.4 Å². The van der Waals surface area contributed by atoms with E-state index in [0.717, 1.165) is 9.80 Å². The van der Waals surface area contributed by atoms with Crippen molar-refractivity contribution in [3.63, 3.8) is 0 Å². The summed E-state index contributed by atoms with van der Waals surface area (Å²) in [5.41, 5.74) is 0.714. The van der Waals surface area contributed by atoms with E-state index >= 15 is 0 Å². The summed E-state index contributed by atoms with van der Waals surface area (Å²) in [4.78, 5) is 49.7. The predicted octanol–water partition coefficient (Wildman–Crippen LogP) is 0.973. The number of carbonyl (C=O) groups excluding carboxylic acids is 4. The van der Waals surface area contributed by atoms with Crippen molar-refractivity contribution in [3.8, 4) is 0 Å². The first kappa shape index (κ1) is 17.3. The standard InChI is InChI=1S/C16H17N3O5S/c1-9(15(22)19-7-6-17-16(19)23)24-13(20)8-12-14(21)18-10-4-2-3-5-11(10)25-12/h2-5,9,12H,6-8H2,1H3,(H,17,23)(H,18,21)/t9-,12+/m1/s1. The summed E-state index contributed by atoms with van der Waals surface area (Å²) in [6, 6.07) is 6.81. The number of urea groups is 1. The first-order chi connectivity index (χ1) is 12.0. The number of rotatable bonds is 4. The third-order valence-corrected chi connectivity index (χ3v) is 5.11. The third-order valence-electron chi connectivity index (χ3n) is 3.84. The maximum absolute atomic E-state index is 12.1. The van der Waals surface area contributed by atoms with Gasteiger partial charge in [-0.1, -0.05) is 12.1 Å². The smallest absolute Gasteiger partial charge is 0.324 e. The van der Waals surface area contributed by atoms with Crippen molar-refractivity contribution in [3.05, 3.63) is 24.3 Å². The maximum atomic E-state index is 12.1. The number of benzene rings is 1. The Morgan fingerprint density at radius 3 is 2.84 bits per heavy atom. The molecule has 0 spiro atoms. The largest absolute Gasteiger partial charge is 0.452 e. The highest BCUT2D eigenvalue weighted by molar-refractivity contribution is 8.01. The van der Waals surface area contributed by atoms with Gasteiger partial charge in [-0.05, 0) is 19.1 Å². The molecule has 2 heterocycles. The van der Waals surface area contributed by atoms with E-state index in [1.165, 1.54) is 18.7 Å². The molecule has 8 nitrogen and oxygen atoms in total. The van der Waals surface area contributed by atoms with Crippen LogP contribution >= 0.6 is 11.8 Å². The fraction of sp³-hybridized carbons (Fsp3) is 0.375. The number of esters is 1. The minimum atomic E-state index is -1.08. The van der Waals surface area contributed by atoms with Crippen molar-refractivity contribution in [1.82, 2.24) is 10.2 Å². The fourth-order valence-electron chi connectivity index (χ4n) is 2.58. The quantitative estimate of drug-likeness (QED) is 0.773. The molecule has 2 atom stereocenters. The van der Waals surface area contributed by atoms with Crippen molar-refractivity contribution < 1.29 is 23.9 Å². The van der Waals surface area contributed by atoms with Gasteiger partial charge in [0.25, 0.3) is 5.91 Å². The number of para-hydroxylation sites is 1. The number of imide groups is 1. The number of nitrogens with zero attached hydrogens (tertiary/aromatic N) is 1. The van der Waals surface area contributed by atoms with Crippen molar-refractivity contribution >= 4 is 41.3 Å². The molecule has 0 bridgehead atoms. The molecule has 9 heteroatoms. The summed E-state index contributed by atoms with van der Waals surface area (Å²) in [7, 11) is 0. The summed E-state index contributed by atoms with van der Waals surface area (Å²) in [6.07, 6.45) is -1.24. The molecule has 4 amide bonds. The minimum Gasteiger partial charge on any atom is -0.452 e. The molecule has 25 heavy (non-hydrogen) atoms. The summed E-state index contributed by atoms with van der Waals surface area (Å²) in [5.74, 6) is -1.51. The summed E-state index contributed by atoms with van der Waals surface area (Å²) < 4.78 is 5.11. The van der Waals surface area contributed by atoms with Gasteiger partial charge in [-0.15, -0.1) is 11.8 Å². The first-order valence-electron chi connectivity index (χ1n) is 7.81. The molecule has 0 aromatic heterocycles. The number of carbonyl (C=O) groups is 4. The number of anilines is 1. The zero-order chi connectivity index (χ0) is 18.0. The molecule has 1 saturated heterocycles. The number of amides is 4. The zero-order valence-corrected chi connectivity index (χ0v) is 14.3. The van der Waals surface area contributed by atoms with Crippen LogP contribution in [0.3, 0.4) is 0 Å². The second kappa shape index (κ2) is 7.14. The first-order valence-corrected chi connectivity index (χ1v) is 8.69.